The second-order valence-electron chi connectivity index (χ2n) is 4.94. The Morgan fingerprint density at radius 2 is 1.89 bits per heavy atom. The number of carboxylic acid groups (broad SMARTS) is 1. The molecule has 0 spiro atoms. The molecule has 104 valence electrons. The molecule has 1 aromatic rings. The van der Waals surface area contributed by atoms with Crippen LogP contribution in [0.2, 0.25) is 0 Å². The van der Waals surface area contributed by atoms with E-state index in [2.05, 4.69) is 26.0 Å². The van der Waals surface area contributed by atoms with Crippen molar-refractivity contribution >= 4 is 12.0 Å². The number of hydrogen-bond acceptors (Lipinski definition) is 2. The summed E-state index contributed by atoms with van der Waals surface area (Å²) in [5, 5.41) is 8.69. The molecule has 1 N–H and O–H groups in total. The SMILES string of the molecule is CC(C)c1ccccc1CCCC(=O)N(C)C(=O)O. The van der Waals surface area contributed by atoms with Crippen LogP contribution in [0.15, 0.2) is 24.3 Å². The fourth-order valence-electron chi connectivity index (χ4n) is 2.03. The Hall–Kier alpha value is -1.84. The highest BCUT2D eigenvalue weighted by Crippen LogP contribution is 2.20. The van der Waals surface area contributed by atoms with Crippen LogP contribution in [0.1, 0.15) is 43.7 Å². The summed E-state index contributed by atoms with van der Waals surface area (Å²) in [5.74, 6) is 0.100. The number of rotatable bonds is 5. The molecule has 0 heterocycles. The molecule has 0 atom stereocenters. The van der Waals surface area contributed by atoms with Crippen molar-refractivity contribution in [2.45, 2.75) is 39.0 Å². The molecular weight excluding hydrogens is 242 g/mol. The van der Waals surface area contributed by atoms with Gasteiger partial charge in [0.2, 0.25) is 5.91 Å². The van der Waals surface area contributed by atoms with Gasteiger partial charge < -0.3 is 5.11 Å². The first kappa shape index (κ1) is 15.2. The molecule has 1 aromatic carbocycles. The van der Waals surface area contributed by atoms with Crippen LogP contribution in [0.25, 0.3) is 0 Å². The Bertz CT molecular complexity index is 454. The Balaban J connectivity index is 2.54. The minimum atomic E-state index is -1.20. The summed E-state index contributed by atoms with van der Waals surface area (Å²) in [6, 6.07) is 8.18. The van der Waals surface area contributed by atoms with E-state index in [4.69, 9.17) is 5.11 Å². The van der Waals surface area contributed by atoms with Gasteiger partial charge in [0, 0.05) is 13.5 Å². The lowest BCUT2D eigenvalue weighted by Gasteiger charge is -2.13. The molecule has 4 nitrogen and oxygen atoms in total. The molecule has 0 radical (unpaired) electrons. The minimum Gasteiger partial charge on any atom is -0.465 e. The van der Waals surface area contributed by atoms with Crippen LogP contribution >= 0.6 is 0 Å². The molecule has 0 aliphatic heterocycles. The Morgan fingerprint density at radius 3 is 2.47 bits per heavy atom. The third-order valence-electron chi connectivity index (χ3n) is 3.17. The monoisotopic (exact) mass is 263 g/mol. The highest BCUT2D eigenvalue weighted by atomic mass is 16.4. The van der Waals surface area contributed by atoms with Gasteiger partial charge in [-0.15, -0.1) is 0 Å². The summed E-state index contributed by atoms with van der Waals surface area (Å²) in [4.78, 5) is 22.9. The number of benzene rings is 1. The van der Waals surface area contributed by atoms with Gasteiger partial charge in [-0.3, -0.25) is 9.69 Å². The van der Waals surface area contributed by atoms with Crippen LogP contribution in [-0.2, 0) is 11.2 Å². The number of nitrogens with zero attached hydrogens (tertiary/aromatic N) is 1. The largest absolute Gasteiger partial charge is 0.465 e. The molecule has 2 amide bonds. The molecule has 0 aliphatic rings. The number of hydrogen-bond donors (Lipinski definition) is 1. The van der Waals surface area contributed by atoms with E-state index in [-0.39, 0.29) is 12.3 Å². The average Bonchev–Trinajstić information content (AvgIpc) is 2.37. The quantitative estimate of drug-likeness (QED) is 0.887. The molecule has 0 fully saturated rings. The molecule has 0 saturated carbocycles. The standard InChI is InChI=1S/C15H21NO3/c1-11(2)13-9-5-4-7-12(13)8-6-10-14(17)16(3)15(18)19/h4-5,7,9,11H,6,8,10H2,1-3H3,(H,18,19). The number of amides is 2. The Kier molecular flexibility index (Phi) is 5.55. The maximum atomic E-state index is 11.5. The zero-order chi connectivity index (χ0) is 14.4. The fraction of sp³-hybridized carbons (Fsp3) is 0.467. The van der Waals surface area contributed by atoms with Gasteiger partial charge >= 0.3 is 6.09 Å². The average molecular weight is 263 g/mol. The van der Waals surface area contributed by atoms with E-state index in [1.165, 1.54) is 18.2 Å². The number of aryl methyl sites for hydroxylation is 1. The number of carbonyl (C=O) groups excluding carboxylic acids is 1. The summed E-state index contributed by atoms with van der Waals surface area (Å²) in [5.41, 5.74) is 2.53. The molecule has 0 aliphatic carbocycles. The lowest BCUT2D eigenvalue weighted by atomic mass is 9.94. The van der Waals surface area contributed by atoms with Crippen LogP contribution in [0.3, 0.4) is 0 Å². The van der Waals surface area contributed by atoms with E-state index in [0.717, 1.165) is 11.3 Å². The van der Waals surface area contributed by atoms with Crippen LogP contribution in [0.5, 0.6) is 0 Å². The first-order chi connectivity index (χ1) is 8.93. The van der Waals surface area contributed by atoms with Gasteiger partial charge in [-0.2, -0.15) is 0 Å². The van der Waals surface area contributed by atoms with E-state index in [9.17, 15) is 9.59 Å². The Morgan fingerprint density at radius 1 is 1.26 bits per heavy atom. The van der Waals surface area contributed by atoms with Gasteiger partial charge in [0.1, 0.15) is 0 Å². The predicted molar refractivity (Wildman–Crippen MR) is 74.3 cm³/mol. The lowest BCUT2D eigenvalue weighted by Crippen LogP contribution is -2.31. The second kappa shape index (κ2) is 6.92. The van der Waals surface area contributed by atoms with Gasteiger partial charge in [0.25, 0.3) is 0 Å². The van der Waals surface area contributed by atoms with Crippen molar-refractivity contribution in [3.05, 3.63) is 35.4 Å². The van der Waals surface area contributed by atoms with E-state index in [1.54, 1.807) is 0 Å². The summed E-state index contributed by atoms with van der Waals surface area (Å²) >= 11 is 0. The first-order valence-electron chi connectivity index (χ1n) is 6.50. The van der Waals surface area contributed by atoms with E-state index in [0.29, 0.717) is 12.3 Å². The van der Waals surface area contributed by atoms with E-state index >= 15 is 0 Å². The van der Waals surface area contributed by atoms with E-state index < -0.39 is 6.09 Å². The van der Waals surface area contributed by atoms with Crippen molar-refractivity contribution in [1.82, 2.24) is 4.90 Å². The molecule has 0 bridgehead atoms. The zero-order valence-corrected chi connectivity index (χ0v) is 11.7. The molecular formula is C15H21NO3. The molecule has 1 rings (SSSR count). The van der Waals surface area contributed by atoms with E-state index in [1.807, 2.05) is 12.1 Å². The summed E-state index contributed by atoms with van der Waals surface area (Å²) in [7, 11) is 1.28. The minimum absolute atomic E-state index is 0.259. The van der Waals surface area contributed by atoms with Gasteiger partial charge in [0.15, 0.2) is 0 Å². The first-order valence-corrected chi connectivity index (χ1v) is 6.50. The smallest absolute Gasteiger partial charge is 0.413 e. The van der Waals surface area contributed by atoms with Crippen molar-refractivity contribution in [2.75, 3.05) is 7.05 Å². The van der Waals surface area contributed by atoms with Crippen LogP contribution < -0.4 is 0 Å². The Labute approximate surface area is 114 Å². The normalized spacial score (nSPS) is 10.5. The van der Waals surface area contributed by atoms with Crippen LogP contribution in [-0.4, -0.2) is 29.1 Å². The second-order valence-corrected chi connectivity index (χ2v) is 4.94. The number of carbonyl (C=O) groups is 2. The molecule has 0 aromatic heterocycles. The summed E-state index contributed by atoms with van der Waals surface area (Å²) in [6.45, 7) is 4.28. The third-order valence-corrected chi connectivity index (χ3v) is 3.17. The lowest BCUT2D eigenvalue weighted by molar-refractivity contribution is -0.128. The molecule has 0 unspecified atom stereocenters. The van der Waals surface area contributed by atoms with Gasteiger partial charge in [0.05, 0.1) is 0 Å². The molecule has 19 heavy (non-hydrogen) atoms. The fourth-order valence-corrected chi connectivity index (χ4v) is 2.03. The zero-order valence-electron chi connectivity index (χ0n) is 11.7. The number of imide groups is 1. The van der Waals surface area contributed by atoms with Crippen molar-refractivity contribution in [2.24, 2.45) is 0 Å². The maximum absolute atomic E-state index is 11.5. The van der Waals surface area contributed by atoms with Gasteiger partial charge in [-0.1, -0.05) is 38.1 Å². The van der Waals surface area contributed by atoms with Crippen molar-refractivity contribution in [3.63, 3.8) is 0 Å². The van der Waals surface area contributed by atoms with Crippen LogP contribution in [0.4, 0.5) is 4.79 Å². The topological polar surface area (TPSA) is 57.6 Å². The summed E-state index contributed by atoms with van der Waals surface area (Å²) < 4.78 is 0. The van der Waals surface area contributed by atoms with Gasteiger partial charge in [-0.05, 0) is 29.9 Å². The molecule has 4 heteroatoms. The third kappa shape index (κ3) is 4.39. The highest BCUT2D eigenvalue weighted by Gasteiger charge is 2.15. The summed E-state index contributed by atoms with van der Waals surface area (Å²) in [6.07, 6.45) is 0.524. The molecule has 0 saturated heterocycles. The van der Waals surface area contributed by atoms with Crippen molar-refractivity contribution in [3.8, 4) is 0 Å². The van der Waals surface area contributed by atoms with Gasteiger partial charge in [-0.25, -0.2) is 4.79 Å². The van der Waals surface area contributed by atoms with Crippen LogP contribution in [0, 0.1) is 0 Å². The van der Waals surface area contributed by atoms with Crippen molar-refractivity contribution < 1.29 is 14.7 Å². The highest BCUT2D eigenvalue weighted by molar-refractivity contribution is 5.90. The predicted octanol–water partition coefficient (Wildman–Crippen LogP) is 3.27. The maximum Gasteiger partial charge on any atom is 0.413 e. The van der Waals surface area contributed by atoms with Crippen molar-refractivity contribution in [1.29, 1.82) is 0 Å².